The first-order chi connectivity index (χ1) is 9.66. The smallest absolute Gasteiger partial charge is 0.248 e. The molecule has 1 fully saturated rings. The van der Waals surface area contributed by atoms with Gasteiger partial charge in [0.1, 0.15) is 0 Å². The molecule has 0 radical (unpaired) electrons. The number of hydrogen-bond donors (Lipinski definition) is 2. The van der Waals surface area contributed by atoms with Crippen molar-refractivity contribution < 1.29 is 9.59 Å². The zero-order valence-electron chi connectivity index (χ0n) is 12.2. The Morgan fingerprint density at radius 2 is 2.00 bits per heavy atom. The first kappa shape index (κ1) is 18.7. The number of nitrogens with one attached hydrogen (secondary N) is 1. The van der Waals surface area contributed by atoms with Crippen molar-refractivity contribution in [3.05, 3.63) is 29.3 Å². The first-order valence-corrected chi connectivity index (χ1v) is 7.14. The average molecular weight is 346 g/mol. The number of carbonyl (C=O) groups is 2. The summed E-state index contributed by atoms with van der Waals surface area (Å²) in [5.74, 6) is -0.340. The van der Waals surface area contributed by atoms with Gasteiger partial charge in [0, 0.05) is 17.8 Å². The topological polar surface area (TPSA) is 75.4 Å². The molecule has 3 N–H and O–H groups in total. The van der Waals surface area contributed by atoms with Crippen LogP contribution in [0.1, 0.15) is 35.2 Å². The maximum Gasteiger partial charge on any atom is 0.248 e. The monoisotopic (exact) mass is 345 g/mol. The van der Waals surface area contributed by atoms with Crippen molar-refractivity contribution in [2.45, 2.75) is 31.7 Å². The molecule has 1 atom stereocenters. The fourth-order valence-electron chi connectivity index (χ4n) is 3.01. The predicted octanol–water partition coefficient (Wildman–Crippen LogP) is 1.66. The van der Waals surface area contributed by atoms with Crippen LogP contribution in [0.15, 0.2) is 18.2 Å². The molecule has 7 heteroatoms. The SMILES string of the molecule is Cl.Cl.NC(=O)c1ccc2c(c1)N(C(=O)[C@H]1CCCCN1)CC2. The lowest BCUT2D eigenvalue weighted by Gasteiger charge is -2.27. The van der Waals surface area contributed by atoms with Crippen LogP contribution in [0.4, 0.5) is 5.69 Å². The van der Waals surface area contributed by atoms with E-state index in [1.54, 1.807) is 17.0 Å². The second kappa shape index (κ2) is 7.81. The first-order valence-electron chi connectivity index (χ1n) is 7.14. The van der Waals surface area contributed by atoms with E-state index in [0.717, 1.165) is 43.5 Å². The lowest BCUT2D eigenvalue weighted by Crippen LogP contribution is -2.48. The summed E-state index contributed by atoms with van der Waals surface area (Å²) >= 11 is 0. The fourth-order valence-corrected chi connectivity index (χ4v) is 3.01. The molecule has 1 aromatic rings. The van der Waals surface area contributed by atoms with Gasteiger partial charge in [-0.3, -0.25) is 9.59 Å². The zero-order chi connectivity index (χ0) is 14.1. The summed E-state index contributed by atoms with van der Waals surface area (Å²) in [6.45, 7) is 1.59. The Morgan fingerprint density at radius 1 is 1.23 bits per heavy atom. The molecule has 0 aliphatic carbocycles. The molecular formula is C15H21Cl2N3O2. The van der Waals surface area contributed by atoms with Gasteiger partial charge >= 0.3 is 0 Å². The van der Waals surface area contributed by atoms with Crippen LogP contribution in [0.25, 0.3) is 0 Å². The maximum absolute atomic E-state index is 12.6. The molecule has 5 nitrogen and oxygen atoms in total. The molecule has 0 aromatic heterocycles. The molecule has 3 rings (SSSR count). The molecule has 2 heterocycles. The lowest BCUT2D eigenvalue weighted by atomic mass is 10.0. The Hall–Kier alpha value is -1.30. The number of carbonyl (C=O) groups excluding carboxylic acids is 2. The Kier molecular flexibility index (Phi) is 6.66. The highest BCUT2D eigenvalue weighted by molar-refractivity contribution is 6.01. The van der Waals surface area contributed by atoms with Crippen LogP contribution < -0.4 is 16.0 Å². The van der Waals surface area contributed by atoms with Gasteiger partial charge in [-0.15, -0.1) is 24.8 Å². The molecule has 1 aromatic carbocycles. The summed E-state index contributed by atoms with van der Waals surface area (Å²) in [4.78, 5) is 25.7. The Morgan fingerprint density at radius 3 is 2.64 bits per heavy atom. The van der Waals surface area contributed by atoms with Crippen LogP contribution in [0.2, 0.25) is 0 Å². The molecule has 0 unspecified atom stereocenters. The van der Waals surface area contributed by atoms with Crippen molar-refractivity contribution in [1.82, 2.24) is 5.32 Å². The minimum Gasteiger partial charge on any atom is -0.366 e. The van der Waals surface area contributed by atoms with Gasteiger partial charge in [-0.05, 0) is 43.5 Å². The lowest BCUT2D eigenvalue weighted by molar-refractivity contribution is -0.121. The number of rotatable bonds is 2. The predicted molar refractivity (Wildman–Crippen MR) is 91.2 cm³/mol. The second-order valence-corrected chi connectivity index (χ2v) is 5.45. The molecule has 2 aliphatic heterocycles. The van der Waals surface area contributed by atoms with E-state index in [0.29, 0.717) is 12.1 Å². The van der Waals surface area contributed by atoms with E-state index in [1.165, 1.54) is 0 Å². The standard InChI is InChI=1S/C15H19N3O2.2ClH/c16-14(19)11-5-4-10-6-8-18(13(10)9-11)15(20)12-3-1-2-7-17-12;;/h4-5,9,12,17H,1-3,6-8H2,(H2,16,19);2*1H/t12-;;/m1../s1. The Balaban J connectivity index is 0.00000121. The molecule has 22 heavy (non-hydrogen) atoms. The van der Waals surface area contributed by atoms with Crippen molar-refractivity contribution in [2.24, 2.45) is 5.73 Å². The molecular weight excluding hydrogens is 325 g/mol. The van der Waals surface area contributed by atoms with E-state index in [1.807, 2.05) is 6.07 Å². The van der Waals surface area contributed by atoms with Crippen molar-refractivity contribution in [2.75, 3.05) is 18.0 Å². The van der Waals surface area contributed by atoms with E-state index >= 15 is 0 Å². The third-order valence-electron chi connectivity index (χ3n) is 4.14. The van der Waals surface area contributed by atoms with Crippen LogP contribution in [-0.4, -0.2) is 30.9 Å². The van der Waals surface area contributed by atoms with Gasteiger partial charge in [-0.25, -0.2) is 0 Å². The summed E-state index contributed by atoms with van der Waals surface area (Å²) < 4.78 is 0. The number of benzene rings is 1. The normalized spacial score (nSPS) is 19.6. The number of nitrogens with two attached hydrogens (primary N) is 1. The number of hydrogen-bond acceptors (Lipinski definition) is 3. The van der Waals surface area contributed by atoms with Crippen LogP contribution in [0.3, 0.4) is 0 Å². The van der Waals surface area contributed by atoms with E-state index in [4.69, 9.17) is 5.73 Å². The van der Waals surface area contributed by atoms with Crippen molar-refractivity contribution >= 4 is 42.3 Å². The number of piperidine rings is 1. The molecule has 0 bridgehead atoms. The summed E-state index contributed by atoms with van der Waals surface area (Å²) in [5.41, 5.74) is 7.73. The highest BCUT2D eigenvalue weighted by atomic mass is 35.5. The number of fused-ring (bicyclic) bond motifs is 1. The second-order valence-electron chi connectivity index (χ2n) is 5.45. The maximum atomic E-state index is 12.6. The minimum absolute atomic E-state index is 0. The summed E-state index contributed by atoms with van der Waals surface area (Å²) in [7, 11) is 0. The molecule has 1 saturated heterocycles. The van der Waals surface area contributed by atoms with E-state index in [-0.39, 0.29) is 36.8 Å². The van der Waals surface area contributed by atoms with E-state index in [9.17, 15) is 9.59 Å². The third-order valence-corrected chi connectivity index (χ3v) is 4.14. The number of primary amides is 1. The van der Waals surface area contributed by atoms with Gasteiger partial charge < -0.3 is 16.0 Å². The summed E-state index contributed by atoms with van der Waals surface area (Å²) in [6, 6.07) is 5.28. The van der Waals surface area contributed by atoms with Crippen LogP contribution in [0, 0.1) is 0 Å². The van der Waals surface area contributed by atoms with Crippen LogP contribution in [0.5, 0.6) is 0 Å². The van der Waals surface area contributed by atoms with Gasteiger partial charge in [0.25, 0.3) is 0 Å². The molecule has 0 saturated carbocycles. The summed E-state index contributed by atoms with van der Waals surface area (Å²) in [5, 5.41) is 3.28. The molecule has 0 spiro atoms. The number of amides is 2. The van der Waals surface area contributed by atoms with Crippen LogP contribution in [-0.2, 0) is 11.2 Å². The van der Waals surface area contributed by atoms with Gasteiger partial charge in [-0.2, -0.15) is 0 Å². The molecule has 2 amide bonds. The number of halogens is 2. The van der Waals surface area contributed by atoms with Crippen molar-refractivity contribution in [3.8, 4) is 0 Å². The number of anilines is 1. The number of nitrogens with zero attached hydrogens (tertiary/aromatic N) is 1. The zero-order valence-corrected chi connectivity index (χ0v) is 13.8. The van der Waals surface area contributed by atoms with E-state index in [2.05, 4.69) is 5.32 Å². The van der Waals surface area contributed by atoms with Crippen molar-refractivity contribution in [1.29, 1.82) is 0 Å². The quantitative estimate of drug-likeness (QED) is 0.855. The Bertz CT molecular complexity index is 560. The highest BCUT2D eigenvalue weighted by Gasteiger charge is 2.31. The molecule has 2 aliphatic rings. The van der Waals surface area contributed by atoms with Gasteiger partial charge in [-0.1, -0.05) is 12.5 Å². The van der Waals surface area contributed by atoms with E-state index < -0.39 is 5.91 Å². The van der Waals surface area contributed by atoms with Gasteiger partial charge in [0.2, 0.25) is 11.8 Å². The van der Waals surface area contributed by atoms with Crippen molar-refractivity contribution in [3.63, 3.8) is 0 Å². The fraction of sp³-hybridized carbons (Fsp3) is 0.467. The Labute approximate surface area is 142 Å². The van der Waals surface area contributed by atoms with Gasteiger partial charge in [0.15, 0.2) is 0 Å². The highest BCUT2D eigenvalue weighted by Crippen LogP contribution is 2.30. The third kappa shape index (κ3) is 3.54. The summed E-state index contributed by atoms with van der Waals surface area (Å²) in [6.07, 6.45) is 3.95. The van der Waals surface area contributed by atoms with Gasteiger partial charge in [0.05, 0.1) is 6.04 Å². The van der Waals surface area contributed by atoms with Crippen LogP contribution >= 0.6 is 24.8 Å². The average Bonchev–Trinajstić information content (AvgIpc) is 2.90. The molecule has 122 valence electrons. The largest absolute Gasteiger partial charge is 0.366 e. The minimum atomic E-state index is -0.456.